The summed E-state index contributed by atoms with van der Waals surface area (Å²) in [5, 5.41) is 3.97. The average Bonchev–Trinajstić information content (AvgIpc) is 2.48. The minimum Gasteiger partial charge on any atom is -0.357 e. The largest absolute Gasteiger partial charge is 0.357 e. The molecule has 0 fully saturated rings. The predicted molar refractivity (Wildman–Crippen MR) is 52.7 cm³/mol. The Morgan fingerprint density at radius 1 is 1.67 bits per heavy atom. The van der Waals surface area contributed by atoms with Crippen LogP contribution in [0, 0.1) is 0 Å². The quantitative estimate of drug-likeness (QED) is 0.727. The number of nitrogens with zero attached hydrogens (tertiary/aromatic N) is 2. The van der Waals surface area contributed by atoms with Crippen LogP contribution in [0.15, 0.2) is 12.7 Å². The fourth-order valence-electron chi connectivity index (χ4n) is 0.701. The van der Waals surface area contributed by atoms with Crippen molar-refractivity contribution in [1.82, 2.24) is 9.36 Å². The Hall–Kier alpha value is -0.900. The van der Waals surface area contributed by atoms with Gasteiger partial charge in [0.2, 0.25) is 5.13 Å². The van der Waals surface area contributed by atoms with E-state index in [1.54, 1.807) is 6.08 Å². The van der Waals surface area contributed by atoms with Crippen molar-refractivity contribution < 1.29 is 0 Å². The molecule has 0 aliphatic heterocycles. The summed E-state index contributed by atoms with van der Waals surface area (Å²) >= 11 is 1.40. The molecule has 0 aliphatic rings. The smallest absolute Gasteiger partial charge is 0.202 e. The van der Waals surface area contributed by atoms with Gasteiger partial charge in [-0.25, -0.2) is 4.98 Å². The van der Waals surface area contributed by atoms with Crippen molar-refractivity contribution in [3.05, 3.63) is 18.5 Å². The van der Waals surface area contributed by atoms with Crippen molar-refractivity contribution >= 4 is 16.7 Å². The maximum absolute atomic E-state index is 4.30. The molecule has 1 heterocycles. The van der Waals surface area contributed by atoms with E-state index in [1.165, 1.54) is 11.5 Å². The van der Waals surface area contributed by atoms with Crippen molar-refractivity contribution in [2.24, 2.45) is 0 Å². The lowest BCUT2D eigenvalue weighted by molar-refractivity contribution is 0.799. The Balaban J connectivity index is 2.58. The zero-order valence-electron chi connectivity index (χ0n) is 7.37. The molecule has 1 rings (SSSR count). The summed E-state index contributed by atoms with van der Waals surface area (Å²) in [6.45, 7) is 8.52. The minimum atomic E-state index is 0.403. The van der Waals surface area contributed by atoms with Crippen LogP contribution in [0.4, 0.5) is 5.13 Å². The van der Waals surface area contributed by atoms with Crippen molar-refractivity contribution in [2.75, 3.05) is 11.9 Å². The number of hydrogen-bond acceptors (Lipinski definition) is 4. The van der Waals surface area contributed by atoms with Crippen LogP contribution in [0.1, 0.15) is 25.6 Å². The molecule has 0 atom stereocenters. The standard InChI is InChI=1S/C8H13N3S/c1-4-5-9-8-10-7(6(2)3)11-12-8/h4,6H,1,5H2,2-3H3,(H,9,10,11). The van der Waals surface area contributed by atoms with E-state index in [4.69, 9.17) is 0 Å². The zero-order valence-corrected chi connectivity index (χ0v) is 8.19. The van der Waals surface area contributed by atoms with Gasteiger partial charge in [0.25, 0.3) is 0 Å². The monoisotopic (exact) mass is 183 g/mol. The van der Waals surface area contributed by atoms with Crippen LogP contribution in [0.3, 0.4) is 0 Å². The molecule has 0 saturated carbocycles. The molecule has 0 amide bonds. The van der Waals surface area contributed by atoms with Gasteiger partial charge >= 0.3 is 0 Å². The second-order valence-corrected chi connectivity index (χ2v) is 3.53. The maximum atomic E-state index is 4.30. The molecule has 66 valence electrons. The molecule has 1 aromatic rings. The highest BCUT2D eigenvalue weighted by Crippen LogP contribution is 2.16. The van der Waals surface area contributed by atoms with Gasteiger partial charge in [0, 0.05) is 24.0 Å². The van der Waals surface area contributed by atoms with E-state index < -0.39 is 0 Å². The average molecular weight is 183 g/mol. The Kier molecular flexibility index (Phi) is 3.22. The lowest BCUT2D eigenvalue weighted by Gasteiger charge is -1.95. The Morgan fingerprint density at radius 2 is 2.42 bits per heavy atom. The summed E-state index contributed by atoms with van der Waals surface area (Å²) in [7, 11) is 0. The number of rotatable bonds is 4. The van der Waals surface area contributed by atoms with E-state index in [2.05, 4.69) is 35.1 Å². The van der Waals surface area contributed by atoms with Crippen LogP contribution < -0.4 is 5.32 Å². The fourth-order valence-corrected chi connectivity index (χ4v) is 1.41. The lowest BCUT2D eigenvalue weighted by Crippen LogP contribution is -1.97. The van der Waals surface area contributed by atoms with Gasteiger partial charge in [-0.3, -0.25) is 0 Å². The third-order valence-electron chi connectivity index (χ3n) is 1.36. The van der Waals surface area contributed by atoms with Crippen molar-refractivity contribution in [3.8, 4) is 0 Å². The third kappa shape index (κ3) is 2.30. The molecule has 0 radical (unpaired) electrons. The number of anilines is 1. The highest BCUT2D eigenvalue weighted by molar-refractivity contribution is 7.09. The van der Waals surface area contributed by atoms with Crippen LogP contribution in [0.2, 0.25) is 0 Å². The molecule has 12 heavy (non-hydrogen) atoms. The Morgan fingerprint density at radius 3 is 2.92 bits per heavy atom. The molecule has 0 bridgehead atoms. The van der Waals surface area contributed by atoms with Gasteiger partial charge in [0.1, 0.15) is 5.82 Å². The van der Waals surface area contributed by atoms with Gasteiger partial charge < -0.3 is 5.32 Å². The van der Waals surface area contributed by atoms with E-state index in [1.807, 2.05) is 0 Å². The molecule has 4 heteroatoms. The summed E-state index contributed by atoms with van der Waals surface area (Å²) in [5.41, 5.74) is 0. The number of aromatic nitrogens is 2. The van der Waals surface area contributed by atoms with Gasteiger partial charge in [-0.1, -0.05) is 19.9 Å². The molecule has 0 aliphatic carbocycles. The first-order valence-electron chi connectivity index (χ1n) is 3.92. The molecule has 0 unspecified atom stereocenters. The van der Waals surface area contributed by atoms with E-state index in [9.17, 15) is 0 Å². The molecule has 0 saturated heterocycles. The fraction of sp³-hybridized carbons (Fsp3) is 0.500. The molecule has 1 N–H and O–H groups in total. The Bertz CT molecular complexity index is 255. The Labute approximate surface area is 76.7 Å². The second-order valence-electron chi connectivity index (χ2n) is 2.78. The van der Waals surface area contributed by atoms with E-state index >= 15 is 0 Å². The van der Waals surface area contributed by atoms with E-state index in [0.29, 0.717) is 5.92 Å². The van der Waals surface area contributed by atoms with Crippen molar-refractivity contribution in [1.29, 1.82) is 0 Å². The van der Waals surface area contributed by atoms with E-state index in [0.717, 1.165) is 17.5 Å². The van der Waals surface area contributed by atoms with Crippen LogP contribution >= 0.6 is 11.5 Å². The molecular formula is C8H13N3S. The molecule has 3 nitrogen and oxygen atoms in total. The number of nitrogens with one attached hydrogen (secondary N) is 1. The lowest BCUT2D eigenvalue weighted by atomic mass is 10.2. The molecule has 0 spiro atoms. The van der Waals surface area contributed by atoms with Crippen LogP contribution in [-0.4, -0.2) is 15.9 Å². The van der Waals surface area contributed by atoms with Crippen molar-refractivity contribution in [3.63, 3.8) is 0 Å². The summed E-state index contributed by atoms with van der Waals surface area (Å²) in [6, 6.07) is 0. The number of hydrogen-bond donors (Lipinski definition) is 1. The van der Waals surface area contributed by atoms with Crippen LogP contribution in [-0.2, 0) is 0 Å². The van der Waals surface area contributed by atoms with Gasteiger partial charge in [-0.05, 0) is 0 Å². The van der Waals surface area contributed by atoms with E-state index in [-0.39, 0.29) is 0 Å². The van der Waals surface area contributed by atoms with Gasteiger partial charge in [0.15, 0.2) is 0 Å². The molecular weight excluding hydrogens is 170 g/mol. The third-order valence-corrected chi connectivity index (χ3v) is 2.04. The SMILES string of the molecule is C=CCNc1nc(C(C)C)ns1. The maximum Gasteiger partial charge on any atom is 0.202 e. The minimum absolute atomic E-state index is 0.403. The topological polar surface area (TPSA) is 37.8 Å². The summed E-state index contributed by atoms with van der Waals surface area (Å²) in [6.07, 6.45) is 1.80. The van der Waals surface area contributed by atoms with Crippen LogP contribution in [0.25, 0.3) is 0 Å². The molecule has 0 aromatic carbocycles. The second kappa shape index (κ2) is 4.21. The predicted octanol–water partition coefficient (Wildman–Crippen LogP) is 2.26. The summed E-state index contributed by atoms with van der Waals surface area (Å²) in [4.78, 5) is 4.30. The molecule has 1 aromatic heterocycles. The van der Waals surface area contributed by atoms with Gasteiger partial charge in [0.05, 0.1) is 0 Å². The normalized spacial score (nSPS) is 10.2. The highest BCUT2D eigenvalue weighted by atomic mass is 32.1. The first kappa shape index (κ1) is 9.19. The first-order valence-corrected chi connectivity index (χ1v) is 4.69. The van der Waals surface area contributed by atoms with Crippen LogP contribution in [0.5, 0.6) is 0 Å². The van der Waals surface area contributed by atoms with Gasteiger partial charge in [-0.15, -0.1) is 6.58 Å². The summed E-state index contributed by atoms with van der Waals surface area (Å²) in [5.74, 6) is 1.31. The van der Waals surface area contributed by atoms with Crippen molar-refractivity contribution in [2.45, 2.75) is 19.8 Å². The summed E-state index contributed by atoms with van der Waals surface area (Å²) < 4.78 is 4.20. The van der Waals surface area contributed by atoms with Gasteiger partial charge in [-0.2, -0.15) is 4.37 Å². The first-order chi connectivity index (χ1) is 5.74. The highest BCUT2D eigenvalue weighted by Gasteiger charge is 2.05. The zero-order chi connectivity index (χ0) is 8.97.